The number of rotatable bonds is 6. The highest BCUT2D eigenvalue weighted by Crippen LogP contribution is 2.20. The third-order valence-electron chi connectivity index (χ3n) is 3.68. The number of pyridine rings is 1. The summed E-state index contributed by atoms with van der Waals surface area (Å²) in [6.45, 7) is 1.71. The summed E-state index contributed by atoms with van der Waals surface area (Å²) in [6, 6.07) is 12.9. The zero-order valence-corrected chi connectivity index (χ0v) is 13.0. The molecule has 4 heteroatoms. The van der Waals surface area contributed by atoms with Crippen molar-refractivity contribution in [3.63, 3.8) is 0 Å². The molecule has 21 heavy (non-hydrogen) atoms. The Kier molecular flexibility index (Phi) is 4.42. The number of anilines is 1. The van der Waals surface area contributed by atoms with Crippen LogP contribution in [0.5, 0.6) is 0 Å². The van der Waals surface area contributed by atoms with Gasteiger partial charge in [-0.1, -0.05) is 29.8 Å². The summed E-state index contributed by atoms with van der Waals surface area (Å²) >= 11 is 6.02. The van der Waals surface area contributed by atoms with Crippen molar-refractivity contribution >= 4 is 17.4 Å². The van der Waals surface area contributed by atoms with Crippen molar-refractivity contribution in [2.45, 2.75) is 32.0 Å². The van der Waals surface area contributed by atoms with Gasteiger partial charge in [-0.25, -0.2) is 4.98 Å². The van der Waals surface area contributed by atoms with Crippen molar-refractivity contribution in [3.05, 3.63) is 58.7 Å². The van der Waals surface area contributed by atoms with E-state index in [0.717, 1.165) is 30.0 Å². The molecule has 2 aromatic rings. The summed E-state index contributed by atoms with van der Waals surface area (Å²) in [6.07, 6.45) is 4.58. The van der Waals surface area contributed by atoms with Gasteiger partial charge in [0.2, 0.25) is 0 Å². The van der Waals surface area contributed by atoms with E-state index in [2.05, 4.69) is 33.4 Å². The third-order valence-corrected chi connectivity index (χ3v) is 3.92. The lowest BCUT2D eigenvalue weighted by molar-refractivity contribution is 0.685. The van der Waals surface area contributed by atoms with Crippen LogP contribution in [-0.4, -0.2) is 18.1 Å². The fourth-order valence-corrected chi connectivity index (χ4v) is 2.50. The molecule has 3 rings (SSSR count). The van der Waals surface area contributed by atoms with Crippen molar-refractivity contribution in [1.82, 2.24) is 10.3 Å². The van der Waals surface area contributed by atoms with Crippen molar-refractivity contribution in [2.75, 3.05) is 11.9 Å². The maximum absolute atomic E-state index is 6.02. The molecule has 0 radical (unpaired) electrons. The molecular weight excluding hydrogens is 282 g/mol. The summed E-state index contributed by atoms with van der Waals surface area (Å²) in [5.74, 6) is 0.977. The first-order valence-corrected chi connectivity index (χ1v) is 7.72. The van der Waals surface area contributed by atoms with Crippen molar-refractivity contribution in [2.24, 2.45) is 0 Å². The van der Waals surface area contributed by atoms with Gasteiger partial charge in [-0.2, -0.15) is 0 Å². The maximum atomic E-state index is 6.02. The molecule has 0 atom stereocenters. The van der Waals surface area contributed by atoms with Crippen LogP contribution in [0.15, 0.2) is 42.6 Å². The van der Waals surface area contributed by atoms with E-state index < -0.39 is 0 Å². The van der Waals surface area contributed by atoms with E-state index in [1.54, 1.807) is 0 Å². The van der Waals surface area contributed by atoms with Crippen LogP contribution in [-0.2, 0) is 13.1 Å². The topological polar surface area (TPSA) is 28.2 Å². The number of halogens is 1. The van der Waals surface area contributed by atoms with Crippen LogP contribution in [0.3, 0.4) is 0 Å². The first kappa shape index (κ1) is 14.4. The summed E-state index contributed by atoms with van der Waals surface area (Å²) in [7, 11) is 2.05. The summed E-state index contributed by atoms with van der Waals surface area (Å²) in [5.41, 5.74) is 2.42. The number of hydrogen-bond acceptors (Lipinski definition) is 3. The van der Waals surface area contributed by atoms with Gasteiger partial charge in [0, 0.05) is 37.4 Å². The maximum Gasteiger partial charge on any atom is 0.128 e. The lowest BCUT2D eigenvalue weighted by Gasteiger charge is -2.18. The Morgan fingerprint density at radius 3 is 2.76 bits per heavy atom. The molecule has 0 bridgehead atoms. The van der Waals surface area contributed by atoms with Gasteiger partial charge < -0.3 is 10.2 Å². The minimum Gasteiger partial charge on any atom is -0.355 e. The van der Waals surface area contributed by atoms with E-state index in [0.29, 0.717) is 0 Å². The Morgan fingerprint density at radius 2 is 2.10 bits per heavy atom. The molecule has 0 saturated heterocycles. The third kappa shape index (κ3) is 4.19. The van der Waals surface area contributed by atoms with E-state index in [9.17, 15) is 0 Å². The molecule has 1 aliphatic carbocycles. The number of nitrogens with one attached hydrogen (secondary N) is 1. The number of hydrogen-bond donors (Lipinski definition) is 1. The standard InChI is InChI=1S/C17H20ClN3/c1-21(12-13-3-2-4-15(18)9-13)17-8-5-14(11-20-17)10-19-16-6-7-16/h2-5,8-9,11,16,19H,6-7,10,12H2,1H3. The van der Waals surface area contributed by atoms with E-state index in [4.69, 9.17) is 11.6 Å². The van der Waals surface area contributed by atoms with Crippen LogP contribution in [0.1, 0.15) is 24.0 Å². The molecule has 0 amide bonds. The molecule has 1 aromatic carbocycles. The SMILES string of the molecule is CN(Cc1cccc(Cl)c1)c1ccc(CNC2CC2)cn1. The average molecular weight is 302 g/mol. The van der Waals surface area contributed by atoms with Crippen LogP contribution in [0.25, 0.3) is 0 Å². The van der Waals surface area contributed by atoms with Gasteiger partial charge in [0.15, 0.2) is 0 Å². The fourth-order valence-electron chi connectivity index (χ4n) is 2.29. The van der Waals surface area contributed by atoms with Crippen molar-refractivity contribution in [3.8, 4) is 0 Å². The highest BCUT2D eigenvalue weighted by molar-refractivity contribution is 6.30. The Bertz CT molecular complexity index is 593. The summed E-state index contributed by atoms with van der Waals surface area (Å²) in [5, 5.41) is 4.27. The van der Waals surface area contributed by atoms with Gasteiger partial charge in [0.1, 0.15) is 5.82 Å². The first-order valence-electron chi connectivity index (χ1n) is 7.34. The van der Waals surface area contributed by atoms with Crippen molar-refractivity contribution in [1.29, 1.82) is 0 Å². The zero-order valence-electron chi connectivity index (χ0n) is 12.2. The van der Waals surface area contributed by atoms with E-state index in [-0.39, 0.29) is 0 Å². The van der Waals surface area contributed by atoms with E-state index in [1.165, 1.54) is 24.0 Å². The Hall–Kier alpha value is -1.58. The van der Waals surface area contributed by atoms with Gasteiger partial charge in [-0.3, -0.25) is 0 Å². The molecule has 1 aromatic heterocycles. The normalized spacial score (nSPS) is 14.2. The molecule has 1 aliphatic rings. The van der Waals surface area contributed by atoms with E-state index in [1.807, 2.05) is 31.4 Å². The Labute approximate surface area is 131 Å². The van der Waals surface area contributed by atoms with Crippen LogP contribution in [0.4, 0.5) is 5.82 Å². The fraction of sp³-hybridized carbons (Fsp3) is 0.353. The highest BCUT2D eigenvalue weighted by atomic mass is 35.5. The van der Waals surface area contributed by atoms with Gasteiger partial charge in [-0.15, -0.1) is 0 Å². The highest BCUT2D eigenvalue weighted by Gasteiger charge is 2.19. The Balaban J connectivity index is 1.59. The van der Waals surface area contributed by atoms with Crippen LogP contribution < -0.4 is 10.2 Å². The van der Waals surface area contributed by atoms with Gasteiger partial charge in [0.05, 0.1) is 0 Å². The smallest absolute Gasteiger partial charge is 0.128 e. The van der Waals surface area contributed by atoms with Gasteiger partial charge in [-0.05, 0) is 42.2 Å². The lowest BCUT2D eigenvalue weighted by atomic mass is 10.2. The van der Waals surface area contributed by atoms with E-state index >= 15 is 0 Å². The molecule has 3 nitrogen and oxygen atoms in total. The minimum atomic E-state index is 0.732. The Morgan fingerprint density at radius 1 is 1.24 bits per heavy atom. The molecule has 0 unspecified atom stereocenters. The molecule has 1 N–H and O–H groups in total. The molecule has 0 aliphatic heterocycles. The predicted molar refractivity (Wildman–Crippen MR) is 87.7 cm³/mol. The van der Waals surface area contributed by atoms with Crippen molar-refractivity contribution < 1.29 is 0 Å². The lowest BCUT2D eigenvalue weighted by Crippen LogP contribution is -2.18. The second kappa shape index (κ2) is 6.46. The predicted octanol–water partition coefficient (Wildman–Crippen LogP) is 3.62. The molecule has 110 valence electrons. The quantitative estimate of drug-likeness (QED) is 0.883. The minimum absolute atomic E-state index is 0.732. The number of aromatic nitrogens is 1. The summed E-state index contributed by atoms with van der Waals surface area (Å²) in [4.78, 5) is 6.68. The molecule has 1 saturated carbocycles. The van der Waals surface area contributed by atoms with Crippen LogP contribution in [0, 0.1) is 0 Å². The first-order chi connectivity index (χ1) is 10.2. The number of benzene rings is 1. The largest absolute Gasteiger partial charge is 0.355 e. The van der Waals surface area contributed by atoms with Crippen LogP contribution >= 0.6 is 11.6 Å². The second-order valence-corrected chi connectivity index (χ2v) is 6.10. The number of nitrogens with zero attached hydrogens (tertiary/aromatic N) is 2. The van der Waals surface area contributed by atoms with Gasteiger partial charge in [0.25, 0.3) is 0 Å². The molecule has 0 spiro atoms. The van der Waals surface area contributed by atoms with Crippen LogP contribution in [0.2, 0.25) is 5.02 Å². The second-order valence-electron chi connectivity index (χ2n) is 5.67. The molecular formula is C17H20ClN3. The zero-order chi connectivity index (χ0) is 14.7. The monoisotopic (exact) mass is 301 g/mol. The average Bonchev–Trinajstić information content (AvgIpc) is 3.30. The molecule has 1 heterocycles. The summed E-state index contributed by atoms with van der Waals surface area (Å²) < 4.78 is 0. The van der Waals surface area contributed by atoms with Gasteiger partial charge >= 0.3 is 0 Å². The molecule has 1 fully saturated rings.